The molecule has 0 radical (unpaired) electrons. The summed E-state index contributed by atoms with van der Waals surface area (Å²) in [6.07, 6.45) is 4.51. The summed E-state index contributed by atoms with van der Waals surface area (Å²) >= 11 is 0. The molecule has 3 fully saturated rings. The second kappa shape index (κ2) is 10.7. The van der Waals surface area contributed by atoms with Crippen LogP contribution in [0.1, 0.15) is 70.4 Å². The molecule has 37 heavy (non-hydrogen) atoms. The number of hydrogen-bond donors (Lipinski definition) is 3. The molecule has 2 bridgehead atoms. The molecule has 8 nitrogen and oxygen atoms in total. The summed E-state index contributed by atoms with van der Waals surface area (Å²) in [5.74, 6) is -1.86. The zero-order chi connectivity index (χ0) is 27.0. The molecule has 3 amide bonds. The fourth-order valence-corrected chi connectivity index (χ4v) is 6.99. The van der Waals surface area contributed by atoms with Gasteiger partial charge in [-0.3, -0.25) is 14.4 Å². The molecule has 6 atom stereocenters. The number of amides is 3. The minimum Gasteiger partial charge on any atom is -0.396 e. The van der Waals surface area contributed by atoms with Crippen LogP contribution in [0.15, 0.2) is 18.2 Å². The molecule has 3 unspecified atom stereocenters. The predicted octanol–water partition coefficient (Wildman–Crippen LogP) is 3.33. The number of benzene rings is 1. The van der Waals surface area contributed by atoms with Gasteiger partial charge in [0.25, 0.3) is 0 Å². The predicted molar refractivity (Wildman–Crippen MR) is 142 cm³/mol. The Morgan fingerprint density at radius 1 is 1.14 bits per heavy atom. The summed E-state index contributed by atoms with van der Waals surface area (Å²) < 4.78 is 6.76. The second-order valence-corrected chi connectivity index (χ2v) is 11.4. The van der Waals surface area contributed by atoms with Gasteiger partial charge >= 0.3 is 0 Å². The third kappa shape index (κ3) is 4.56. The van der Waals surface area contributed by atoms with E-state index in [1.165, 1.54) is 0 Å². The fraction of sp³-hybridized carbons (Fsp3) is 0.690. The van der Waals surface area contributed by atoms with Crippen LogP contribution >= 0.6 is 0 Å². The summed E-state index contributed by atoms with van der Waals surface area (Å²) in [6, 6.07) is 5.06. The first-order chi connectivity index (χ1) is 17.6. The molecule has 1 aromatic carbocycles. The quantitative estimate of drug-likeness (QED) is 0.394. The highest BCUT2D eigenvalue weighted by Gasteiger charge is 2.79. The molecule has 204 valence electrons. The van der Waals surface area contributed by atoms with Crippen LogP contribution in [-0.4, -0.2) is 64.7 Å². The summed E-state index contributed by atoms with van der Waals surface area (Å²) in [6.45, 7) is 11.0. The van der Waals surface area contributed by atoms with Gasteiger partial charge in [0.2, 0.25) is 17.7 Å². The first kappa shape index (κ1) is 27.6. The largest absolute Gasteiger partial charge is 0.396 e. The number of nitrogens with zero attached hydrogens (tertiary/aromatic N) is 1. The molecule has 3 saturated heterocycles. The first-order valence-electron chi connectivity index (χ1n) is 13.9. The molecule has 1 spiro atoms. The van der Waals surface area contributed by atoms with Crippen LogP contribution in [0.2, 0.25) is 0 Å². The van der Waals surface area contributed by atoms with Crippen molar-refractivity contribution in [3.8, 4) is 0 Å². The van der Waals surface area contributed by atoms with E-state index < -0.39 is 29.1 Å². The Morgan fingerprint density at radius 3 is 2.46 bits per heavy atom. The number of ether oxygens (including phenoxy) is 1. The van der Waals surface area contributed by atoms with Crippen LogP contribution in [0, 0.1) is 31.6 Å². The van der Waals surface area contributed by atoms with Crippen LogP contribution in [0.4, 0.5) is 5.69 Å². The highest BCUT2D eigenvalue weighted by atomic mass is 16.5. The Bertz CT molecular complexity index is 1020. The van der Waals surface area contributed by atoms with Gasteiger partial charge < -0.3 is 25.4 Å². The number of aryl methyl sites for hydroxylation is 2. The molecule has 3 N–H and O–H groups in total. The first-order valence-corrected chi connectivity index (χ1v) is 13.9. The summed E-state index contributed by atoms with van der Waals surface area (Å²) in [5, 5.41) is 15.3. The Balaban J connectivity index is 1.70. The lowest BCUT2D eigenvalue weighted by Crippen LogP contribution is -2.54. The van der Waals surface area contributed by atoms with E-state index in [9.17, 15) is 14.4 Å². The average molecular weight is 514 g/mol. The number of anilines is 1. The van der Waals surface area contributed by atoms with Crippen LogP contribution in [-0.2, 0) is 19.1 Å². The number of carbonyl (C=O) groups excluding carboxylic acids is 3. The Labute approximate surface area is 220 Å². The van der Waals surface area contributed by atoms with Crippen molar-refractivity contribution in [2.24, 2.45) is 17.8 Å². The number of aliphatic hydroxyl groups excluding tert-OH is 1. The van der Waals surface area contributed by atoms with E-state index in [1.54, 1.807) is 4.90 Å². The lowest BCUT2D eigenvalue weighted by atomic mass is 9.62. The molecule has 0 aromatic heterocycles. The minimum atomic E-state index is -1.04. The molecular formula is C29H43N3O5. The van der Waals surface area contributed by atoms with Crippen LogP contribution in [0.3, 0.4) is 0 Å². The highest BCUT2D eigenvalue weighted by Crippen LogP contribution is 2.65. The van der Waals surface area contributed by atoms with Gasteiger partial charge in [0.15, 0.2) is 0 Å². The maximum absolute atomic E-state index is 14.1. The Morgan fingerprint density at radius 2 is 1.81 bits per heavy atom. The molecule has 3 aliphatic heterocycles. The smallest absolute Gasteiger partial charge is 0.250 e. The van der Waals surface area contributed by atoms with Crippen molar-refractivity contribution in [2.45, 2.75) is 90.4 Å². The third-order valence-electron chi connectivity index (χ3n) is 8.93. The number of aliphatic hydroxyl groups is 1. The van der Waals surface area contributed by atoms with Crippen LogP contribution in [0.5, 0.6) is 0 Å². The second-order valence-electron chi connectivity index (χ2n) is 11.4. The molecule has 0 aliphatic carbocycles. The van der Waals surface area contributed by atoms with Gasteiger partial charge in [0.1, 0.15) is 11.6 Å². The van der Waals surface area contributed by atoms with Gasteiger partial charge in [-0.2, -0.15) is 0 Å². The topological polar surface area (TPSA) is 108 Å². The van der Waals surface area contributed by atoms with E-state index in [0.29, 0.717) is 19.5 Å². The van der Waals surface area contributed by atoms with Gasteiger partial charge in [-0.1, -0.05) is 44.9 Å². The SMILES string of the molecule is CCCNC(=O)[C@H]1[C@H]2C(=O)N(CCCCCCO)C(C(=O)Nc3c(C)cccc3C)C23CC(C)[C@]1(C)O3. The van der Waals surface area contributed by atoms with Crippen molar-refractivity contribution in [1.82, 2.24) is 10.2 Å². The van der Waals surface area contributed by atoms with E-state index in [1.807, 2.05) is 45.9 Å². The monoisotopic (exact) mass is 513 g/mol. The van der Waals surface area contributed by atoms with E-state index in [0.717, 1.165) is 48.9 Å². The number of para-hydroxylation sites is 1. The number of unbranched alkanes of at least 4 members (excludes halogenated alkanes) is 3. The third-order valence-corrected chi connectivity index (χ3v) is 8.93. The van der Waals surface area contributed by atoms with E-state index >= 15 is 0 Å². The molecule has 1 aromatic rings. The Kier molecular flexibility index (Phi) is 8.00. The van der Waals surface area contributed by atoms with Gasteiger partial charge in [-0.05, 0) is 63.5 Å². The van der Waals surface area contributed by atoms with Crippen molar-refractivity contribution in [1.29, 1.82) is 0 Å². The lowest BCUT2D eigenvalue weighted by Gasteiger charge is -2.36. The number of rotatable bonds is 11. The van der Waals surface area contributed by atoms with E-state index in [4.69, 9.17) is 9.84 Å². The molecule has 8 heteroatoms. The Hall–Kier alpha value is -2.45. The molecule has 3 heterocycles. The number of hydrogen-bond acceptors (Lipinski definition) is 5. The van der Waals surface area contributed by atoms with Crippen molar-refractivity contribution >= 4 is 23.4 Å². The van der Waals surface area contributed by atoms with Crippen LogP contribution in [0.25, 0.3) is 0 Å². The number of fused-ring (bicyclic) bond motifs is 1. The molecule has 0 saturated carbocycles. The molecule has 3 aliphatic rings. The summed E-state index contributed by atoms with van der Waals surface area (Å²) in [4.78, 5) is 43.3. The molecule has 4 rings (SSSR count). The van der Waals surface area contributed by atoms with Crippen molar-refractivity contribution in [3.05, 3.63) is 29.3 Å². The van der Waals surface area contributed by atoms with Gasteiger partial charge in [0.05, 0.1) is 17.4 Å². The number of carbonyl (C=O) groups is 3. The summed E-state index contributed by atoms with van der Waals surface area (Å²) in [5.41, 5.74) is 0.826. The fourth-order valence-electron chi connectivity index (χ4n) is 6.99. The van der Waals surface area contributed by atoms with Crippen molar-refractivity contribution in [2.75, 3.05) is 25.0 Å². The normalized spacial score (nSPS) is 32.1. The van der Waals surface area contributed by atoms with Crippen LogP contribution < -0.4 is 10.6 Å². The lowest BCUT2D eigenvalue weighted by molar-refractivity contribution is -0.146. The number of likely N-dealkylation sites (tertiary alicyclic amines) is 1. The average Bonchev–Trinajstić information content (AvgIpc) is 3.36. The van der Waals surface area contributed by atoms with Crippen molar-refractivity contribution in [3.63, 3.8) is 0 Å². The van der Waals surface area contributed by atoms with E-state index in [2.05, 4.69) is 17.6 Å². The zero-order valence-electron chi connectivity index (χ0n) is 22.9. The minimum absolute atomic E-state index is 0.0222. The van der Waals surface area contributed by atoms with Gasteiger partial charge in [-0.15, -0.1) is 0 Å². The zero-order valence-corrected chi connectivity index (χ0v) is 22.9. The standard InChI is InChI=1S/C29H43N3O5/c1-6-14-30-25(34)21-22-27(36)32(15-9-7-8-10-16-33)24(29(22)17-20(4)28(21,5)37-29)26(35)31-23-18(2)12-11-13-19(23)3/h11-13,20-22,24,33H,6-10,14-17H2,1-5H3,(H,30,34)(H,31,35)/t20?,21-,22+,24?,28+,29?/m1/s1. The van der Waals surface area contributed by atoms with Gasteiger partial charge in [0, 0.05) is 25.4 Å². The maximum atomic E-state index is 14.1. The van der Waals surface area contributed by atoms with Gasteiger partial charge in [-0.25, -0.2) is 0 Å². The maximum Gasteiger partial charge on any atom is 0.250 e. The number of nitrogens with one attached hydrogen (secondary N) is 2. The molecular weight excluding hydrogens is 470 g/mol. The highest BCUT2D eigenvalue weighted by molar-refractivity contribution is 6.04. The van der Waals surface area contributed by atoms with Crippen molar-refractivity contribution < 1.29 is 24.2 Å². The van der Waals surface area contributed by atoms with E-state index in [-0.39, 0.29) is 30.2 Å². The summed E-state index contributed by atoms with van der Waals surface area (Å²) in [7, 11) is 0.